The van der Waals surface area contributed by atoms with Crippen LogP contribution in [0.5, 0.6) is 0 Å². The molecule has 2 aromatic rings. The molecule has 1 N–H and O–H groups in total. The van der Waals surface area contributed by atoms with Crippen LogP contribution in [0.1, 0.15) is 22.5 Å². The van der Waals surface area contributed by atoms with E-state index in [9.17, 15) is 18.0 Å². The third kappa shape index (κ3) is 4.50. The van der Waals surface area contributed by atoms with Crippen molar-refractivity contribution in [3.05, 3.63) is 46.7 Å². The number of nitrogens with one attached hydrogen (secondary N) is 1. The Balaban J connectivity index is 1.92. The minimum atomic E-state index is -3.49. The van der Waals surface area contributed by atoms with Gasteiger partial charge in [0.25, 0.3) is 0 Å². The monoisotopic (exact) mass is 366 g/mol. The molecule has 0 aliphatic heterocycles. The van der Waals surface area contributed by atoms with Crippen molar-refractivity contribution in [2.24, 2.45) is 0 Å². The number of carbonyl (C=O) groups excluding carboxylic acids is 2. The quantitative estimate of drug-likeness (QED) is 0.764. The third-order valence-corrected chi connectivity index (χ3v) is 6.03. The summed E-state index contributed by atoms with van der Waals surface area (Å²) in [5.74, 6) is -0.351. The first-order chi connectivity index (χ1) is 11.3. The number of hydrogen-bond acceptors (Lipinski definition) is 5. The molecule has 1 amide bonds. The van der Waals surface area contributed by atoms with E-state index in [4.69, 9.17) is 0 Å². The van der Waals surface area contributed by atoms with Crippen molar-refractivity contribution in [2.75, 3.05) is 19.4 Å². The van der Waals surface area contributed by atoms with Gasteiger partial charge in [-0.15, -0.1) is 11.3 Å². The first-order valence-electron chi connectivity index (χ1n) is 7.20. The Bertz CT molecular complexity index is 810. The molecule has 1 aromatic heterocycles. The van der Waals surface area contributed by atoms with Crippen LogP contribution < -0.4 is 5.32 Å². The average molecular weight is 366 g/mol. The lowest BCUT2D eigenvalue weighted by Gasteiger charge is -2.12. The molecule has 0 unspecified atom stereocenters. The highest BCUT2D eigenvalue weighted by atomic mass is 32.2. The molecule has 1 aromatic carbocycles. The van der Waals surface area contributed by atoms with Crippen LogP contribution in [0.15, 0.2) is 46.7 Å². The number of sulfonamides is 1. The Morgan fingerprint density at radius 2 is 1.75 bits per heavy atom. The number of hydrogen-bond donors (Lipinski definition) is 1. The number of rotatable bonds is 7. The zero-order chi connectivity index (χ0) is 17.7. The summed E-state index contributed by atoms with van der Waals surface area (Å²) in [4.78, 5) is 24.5. The van der Waals surface area contributed by atoms with Gasteiger partial charge < -0.3 is 5.32 Å². The minimum absolute atomic E-state index is 0.0624. The van der Waals surface area contributed by atoms with Gasteiger partial charge in [-0.2, -0.15) is 0 Å². The van der Waals surface area contributed by atoms with Gasteiger partial charge in [-0.1, -0.05) is 6.07 Å². The molecule has 8 heteroatoms. The predicted octanol–water partition coefficient (Wildman–Crippen LogP) is 2.60. The van der Waals surface area contributed by atoms with Gasteiger partial charge in [0.05, 0.1) is 9.77 Å². The summed E-state index contributed by atoms with van der Waals surface area (Å²) >= 11 is 1.35. The Kier molecular flexibility index (Phi) is 5.87. The molecule has 0 saturated carbocycles. The first kappa shape index (κ1) is 18.3. The smallest absolute Gasteiger partial charge is 0.242 e. The van der Waals surface area contributed by atoms with Gasteiger partial charge in [-0.05, 0) is 35.7 Å². The SMILES string of the molecule is CN(C)S(=O)(=O)c1ccc(NC(=O)CCC(=O)c2cccs2)cc1. The highest BCUT2D eigenvalue weighted by molar-refractivity contribution is 7.89. The summed E-state index contributed by atoms with van der Waals surface area (Å²) in [7, 11) is -0.584. The van der Waals surface area contributed by atoms with Crippen molar-refractivity contribution in [1.82, 2.24) is 4.31 Å². The normalized spacial score (nSPS) is 11.5. The number of Topliss-reactive ketones (excluding diaryl/α,β-unsaturated/α-hetero) is 1. The molecule has 0 spiro atoms. The summed E-state index contributed by atoms with van der Waals surface area (Å²) in [6.45, 7) is 0. The lowest BCUT2D eigenvalue weighted by molar-refractivity contribution is -0.116. The fourth-order valence-corrected chi connectivity index (χ4v) is 3.53. The average Bonchev–Trinajstić information content (AvgIpc) is 3.07. The van der Waals surface area contributed by atoms with Gasteiger partial charge in [-0.3, -0.25) is 9.59 Å². The summed E-state index contributed by atoms with van der Waals surface area (Å²) in [6.07, 6.45) is 0.216. The lowest BCUT2D eigenvalue weighted by Crippen LogP contribution is -2.22. The van der Waals surface area contributed by atoms with Gasteiger partial charge in [-0.25, -0.2) is 12.7 Å². The largest absolute Gasteiger partial charge is 0.326 e. The Labute approximate surface area is 145 Å². The van der Waals surface area contributed by atoms with Crippen LogP contribution in [0.4, 0.5) is 5.69 Å². The molecule has 0 saturated heterocycles. The molecule has 24 heavy (non-hydrogen) atoms. The van der Waals surface area contributed by atoms with Crippen molar-refractivity contribution in [2.45, 2.75) is 17.7 Å². The fraction of sp³-hybridized carbons (Fsp3) is 0.250. The summed E-state index contributed by atoms with van der Waals surface area (Å²) < 4.78 is 25.0. The third-order valence-electron chi connectivity index (χ3n) is 3.29. The van der Waals surface area contributed by atoms with Crippen LogP contribution in [0.25, 0.3) is 0 Å². The number of anilines is 1. The molecule has 0 bridgehead atoms. The summed E-state index contributed by atoms with van der Waals surface area (Å²) in [6, 6.07) is 9.43. The Hall–Kier alpha value is -2.03. The van der Waals surface area contributed by atoms with Gasteiger partial charge in [0.15, 0.2) is 5.78 Å². The fourth-order valence-electron chi connectivity index (χ4n) is 1.93. The van der Waals surface area contributed by atoms with E-state index >= 15 is 0 Å². The van der Waals surface area contributed by atoms with Gasteiger partial charge >= 0.3 is 0 Å². The van der Waals surface area contributed by atoms with Crippen molar-refractivity contribution in [3.63, 3.8) is 0 Å². The number of amides is 1. The van der Waals surface area contributed by atoms with E-state index < -0.39 is 10.0 Å². The molecule has 6 nitrogen and oxygen atoms in total. The summed E-state index contributed by atoms with van der Waals surface area (Å²) in [5.41, 5.74) is 0.487. The lowest BCUT2D eigenvalue weighted by atomic mass is 10.2. The Morgan fingerprint density at radius 3 is 2.29 bits per heavy atom. The molecule has 0 aliphatic rings. The van der Waals surface area contributed by atoms with Crippen LogP contribution in [-0.2, 0) is 14.8 Å². The van der Waals surface area contributed by atoms with Gasteiger partial charge in [0, 0.05) is 32.6 Å². The standard InChI is InChI=1S/C16H18N2O4S2/c1-18(2)24(21,22)13-7-5-12(6-8-13)17-16(20)10-9-14(19)15-4-3-11-23-15/h3-8,11H,9-10H2,1-2H3,(H,17,20). The topological polar surface area (TPSA) is 83.6 Å². The predicted molar refractivity (Wildman–Crippen MR) is 93.8 cm³/mol. The van der Waals surface area contributed by atoms with Gasteiger partial charge in [0.1, 0.15) is 0 Å². The van der Waals surface area contributed by atoms with Crippen molar-refractivity contribution < 1.29 is 18.0 Å². The number of ketones is 1. The van der Waals surface area contributed by atoms with E-state index in [1.807, 2.05) is 5.38 Å². The van der Waals surface area contributed by atoms with E-state index in [2.05, 4.69) is 5.32 Å². The summed E-state index contributed by atoms with van der Waals surface area (Å²) in [5, 5.41) is 4.47. The maximum atomic E-state index is 12.0. The van der Waals surface area contributed by atoms with Crippen LogP contribution >= 0.6 is 11.3 Å². The highest BCUT2D eigenvalue weighted by Crippen LogP contribution is 2.17. The number of benzene rings is 1. The van der Waals surface area contributed by atoms with Crippen LogP contribution in [0.3, 0.4) is 0 Å². The number of thiophene rings is 1. The molecule has 0 fully saturated rings. The van der Waals surface area contributed by atoms with E-state index in [0.717, 1.165) is 4.31 Å². The van der Waals surface area contributed by atoms with Crippen LogP contribution in [-0.4, -0.2) is 38.5 Å². The second-order valence-corrected chi connectivity index (χ2v) is 8.36. The van der Waals surface area contributed by atoms with Crippen molar-refractivity contribution in [1.29, 1.82) is 0 Å². The van der Waals surface area contributed by atoms with E-state index in [-0.39, 0.29) is 29.4 Å². The van der Waals surface area contributed by atoms with E-state index in [1.165, 1.54) is 49.7 Å². The van der Waals surface area contributed by atoms with E-state index in [0.29, 0.717) is 10.6 Å². The van der Waals surface area contributed by atoms with Crippen molar-refractivity contribution in [3.8, 4) is 0 Å². The molecular weight excluding hydrogens is 348 g/mol. The van der Waals surface area contributed by atoms with E-state index in [1.54, 1.807) is 12.1 Å². The molecule has 1 heterocycles. The molecule has 0 aliphatic carbocycles. The maximum absolute atomic E-state index is 12.0. The Morgan fingerprint density at radius 1 is 1.08 bits per heavy atom. The molecule has 0 radical (unpaired) electrons. The zero-order valence-corrected chi connectivity index (χ0v) is 15.0. The van der Waals surface area contributed by atoms with Crippen molar-refractivity contribution >= 4 is 38.7 Å². The van der Waals surface area contributed by atoms with Crippen LogP contribution in [0.2, 0.25) is 0 Å². The zero-order valence-electron chi connectivity index (χ0n) is 13.4. The molecule has 0 atom stereocenters. The second kappa shape index (κ2) is 7.69. The molecule has 2 rings (SSSR count). The molecular formula is C16H18N2O4S2. The van der Waals surface area contributed by atoms with Gasteiger partial charge in [0.2, 0.25) is 15.9 Å². The molecule has 128 valence electrons. The number of carbonyl (C=O) groups is 2. The minimum Gasteiger partial charge on any atom is -0.326 e. The second-order valence-electron chi connectivity index (χ2n) is 5.26. The number of nitrogens with zero attached hydrogens (tertiary/aromatic N) is 1. The van der Waals surface area contributed by atoms with Crippen LogP contribution in [0, 0.1) is 0 Å². The maximum Gasteiger partial charge on any atom is 0.242 e. The first-order valence-corrected chi connectivity index (χ1v) is 9.52. The highest BCUT2D eigenvalue weighted by Gasteiger charge is 2.17.